The lowest BCUT2D eigenvalue weighted by atomic mass is 9.89. The highest BCUT2D eigenvalue weighted by Gasteiger charge is 2.16. The summed E-state index contributed by atoms with van der Waals surface area (Å²) < 4.78 is 2.53. The molecule has 10 aromatic carbocycles. The van der Waals surface area contributed by atoms with Gasteiger partial charge in [-0.25, -0.2) is 9.97 Å². The summed E-state index contributed by atoms with van der Waals surface area (Å²) in [6.45, 7) is 0. The van der Waals surface area contributed by atoms with Crippen LogP contribution in [0.4, 0.5) is 0 Å². The van der Waals surface area contributed by atoms with E-state index in [1.807, 2.05) is 29.5 Å². The summed E-state index contributed by atoms with van der Waals surface area (Å²) >= 11 is 1.83. The average molecular weight is 793 g/mol. The van der Waals surface area contributed by atoms with Gasteiger partial charge in [0.05, 0.1) is 11.4 Å². The smallest absolute Gasteiger partial charge is 0.160 e. The molecule has 12 rings (SSSR count). The fourth-order valence-electron chi connectivity index (χ4n) is 9.05. The molecule has 0 fully saturated rings. The topological polar surface area (TPSA) is 25.8 Å². The van der Waals surface area contributed by atoms with Crippen LogP contribution in [0.5, 0.6) is 0 Å². The van der Waals surface area contributed by atoms with Crippen molar-refractivity contribution in [2.75, 3.05) is 0 Å². The zero-order chi connectivity index (χ0) is 40.3. The third-order valence-electron chi connectivity index (χ3n) is 12.1. The number of hydrogen-bond acceptors (Lipinski definition) is 3. The Labute approximate surface area is 357 Å². The van der Waals surface area contributed by atoms with Crippen molar-refractivity contribution in [3.63, 3.8) is 0 Å². The Balaban J connectivity index is 0.859. The zero-order valence-electron chi connectivity index (χ0n) is 33.1. The van der Waals surface area contributed by atoms with Gasteiger partial charge in [-0.15, -0.1) is 11.3 Å². The summed E-state index contributed by atoms with van der Waals surface area (Å²) in [6.07, 6.45) is 0. The van der Waals surface area contributed by atoms with Gasteiger partial charge in [-0.05, 0) is 83.9 Å². The molecular weight excluding hydrogens is 757 g/mol. The molecule has 0 atom stereocenters. The van der Waals surface area contributed by atoms with Gasteiger partial charge in [0.1, 0.15) is 0 Å². The molecule has 2 heterocycles. The van der Waals surface area contributed by atoms with Crippen molar-refractivity contribution in [1.29, 1.82) is 0 Å². The normalized spacial score (nSPS) is 11.6. The van der Waals surface area contributed by atoms with Crippen LogP contribution in [0.1, 0.15) is 0 Å². The number of thiophene rings is 1. The number of nitrogens with zero attached hydrogens (tertiary/aromatic N) is 2. The molecule has 0 saturated heterocycles. The lowest BCUT2D eigenvalue weighted by Gasteiger charge is -2.14. The number of rotatable bonds is 6. The molecular formula is C58H36N2S. The first-order chi connectivity index (χ1) is 30.2. The van der Waals surface area contributed by atoms with Gasteiger partial charge >= 0.3 is 0 Å². The lowest BCUT2D eigenvalue weighted by Crippen LogP contribution is -1.96. The van der Waals surface area contributed by atoms with E-state index in [2.05, 4.69) is 200 Å². The third kappa shape index (κ3) is 6.18. The molecule has 2 aromatic heterocycles. The van der Waals surface area contributed by atoms with Gasteiger partial charge < -0.3 is 0 Å². The van der Waals surface area contributed by atoms with Crippen LogP contribution in [0, 0.1) is 0 Å². The molecule has 284 valence electrons. The summed E-state index contributed by atoms with van der Waals surface area (Å²) in [5.41, 5.74) is 12.2. The van der Waals surface area contributed by atoms with Crippen molar-refractivity contribution in [2.45, 2.75) is 0 Å². The Morgan fingerprint density at radius 1 is 0.295 bits per heavy atom. The van der Waals surface area contributed by atoms with Crippen LogP contribution < -0.4 is 0 Å². The molecule has 0 aliphatic heterocycles. The highest BCUT2D eigenvalue weighted by Crippen LogP contribution is 2.42. The van der Waals surface area contributed by atoms with Crippen molar-refractivity contribution in [2.24, 2.45) is 0 Å². The number of aromatic nitrogens is 2. The fourth-order valence-corrected chi connectivity index (χ4v) is 10.3. The fraction of sp³-hybridized carbons (Fsp3) is 0. The molecule has 2 nitrogen and oxygen atoms in total. The molecule has 0 aliphatic carbocycles. The van der Waals surface area contributed by atoms with Crippen molar-refractivity contribution in [3.05, 3.63) is 218 Å². The molecule has 0 bridgehead atoms. The lowest BCUT2D eigenvalue weighted by molar-refractivity contribution is 1.19. The van der Waals surface area contributed by atoms with E-state index in [4.69, 9.17) is 9.97 Å². The Morgan fingerprint density at radius 3 is 1.57 bits per heavy atom. The standard InChI is InChI=1S/C58H36N2S/c1-2-12-44(13-3-1)58-59-53(36-54(60-58)51-19-10-18-50-48-17-8-9-20-55(48)61-57(50)51)42-29-25-39(26-30-42)37-21-23-38(24-22-37)40-27-31-43(32-28-40)56-47-16-7-5-14-45(47)35-52-46-15-6-4-11-41(46)33-34-49(52)56/h1-36H. The monoisotopic (exact) mass is 792 g/mol. The summed E-state index contributed by atoms with van der Waals surface area (Å²) in [5.74, 6) is 0.720. The Morgan fingerprint density at radius 2 is 0.852 bits per heavy atom. The molecule has 0 aliphatic rings. The molecule has 0 saturated carbocycles. The molecule has 0 radical (unpaired) electrons. The first kappa shape index (κ1) is 35.2. The van der Waals surface area contributed by atoms with E-state index < -0.39 is 0 Å². The third-order valence-corrected chi connectivity index (χ3v) is 13.3. The zero-order valence-corrected chi connectivity index (χ0v) is 33.9. The van der Waals surface area contributed by atoms with E-state index >= 15 is 0 Å². The summed E-state index contributed by atoms with van der Waals surface area (Å²) in [4.78, 5) is 10.3. The van der Waals surface area contributed by atoms with Crippen LogP contribution in [-0.2, 0) is 0 Å². The molecule has 0 unspecified atom stereocenters. The van der Waals surface area contributed by atoms with Crippen molar-refractivity contribution in [1.82, 2.24) is 9.97 Å². The van der Waals surface area contributed by atoms with E-state index in [1.165, 1.54) is 80.3 Å². The second-order valence-electron chi connectivity index (χ2n) is 15.7. The average Bonchev–Trinajstić information content (AvgIpc) is 3.73. The summed E-state index contributed by atoms with van der Waals surface area (Å²) in [6, 6.07) is 78.7. The Hall–Kier alpha value is -7.72. The number of hydrogen-bond donors (Lipinski definition) is 0. The second kappa shape index (κ2) is 14.5. The maximum Gasteiger partial charge on any atom is 0.160 e. The van der Waals surface area contributed by atoms with Crippen LogP contribution in [-0.4, -0.2) is 9.97 Å². The predicted octanol–water partition coefficient (Wildman–Crippen LogP) is 16.3. The number of fused-ring (bicyclic) bond motifs is 7. The second-order valence-corrected chi connectivity index (χ2v) is 16.7. The van der Waals surface area contributed by atoms with Crippen LogP contribution in [0.3, 0.4) is 0 Å². The van der Waals surface area contributed by atoms with Gasteiger partial charge in [0.2, 0.25) is 0 Å². The molecule has 0 N–H and O–H groups in total. The summed E-state index contributed by atoms with van der Waals surface area (Å²) in [7, 11) is 0. The van der Waals surface area contributed by atoms with Crippen LogP contribution >= 0.6 is 11.3 Å². The van der Waals surface area contributed by atoms with E-state index in [9.17, 15) is 0 Å². The molecule has 61 heavy (non-hydrogen) atoms. The van der Waals surface area contributed by atoms with Gasteiger partial charge in [-0.1, -0.05) is 200 Å². The minimum Gasteiger partial charge on any atom is -0.228 e. The van der Waals surface area contributed by atoms with Gasteiger partial charge in [0.15, 0.2) is 5.82 Å². The highest BCUT2D eigenvalue weighted by atomic mass is 32.1. The van der Waals surface area contributed by atoms with E-state index in [0.717, 1.165) is 39.5 Å². The number of benzene rings is 10. The highest BCUT2D eigenvalue weighted by molar-refractivity contribution is 7.26. The van der Waals surface area contributed by atoms with Crippen molar-refractivity contribution < 1.29 is 0 Å². The van der Waals surface area contributed by atoms with Gasteiger partial charge in [-0.3, -0.25) is 0 Å². The molecule has 3 heteroatoms. The van der Waals surface area contributed by atoms with Crippen LogP contribution in [0.2, 0.25) is 0 Å². The van der Waals surface area contributed by atoms with Gasteiger partial charge in [0.25, 0.3) is 0 Å². The van der Waals surface area contributed by atoms with Crippen LogP contribution in [0.15, 0.2) is 218 Å². The minimum absolute atomic E-state index is 0.720. The van der Waals surface area contributed by atoms with Crippen molar-refractivity contribution >= 4 is 63.8 Å². The molecule has 12 aromatic rings. The largest absolute Gasteiger partial charge is 0.228 e. The van der Waals surface area contributed by atoms with Gasteiger partial charge in [-0.2, -0.15) is 0 Å². The summed E-state index contributed by atoms with van der Waals surface area (Å²) in [5, 5.41) is 10.2. The SMILES string of the molecule is c1ccc(-c2nc(-c3ccc(-c4ccc(-c5ccc(-c6c7ccccc7cc7c6ccc6ccccc67)cc5)cc4)cc3)cc(-c3cccc4c3sc3ccccc34)n2)cc1. The minimum atomic E-state index is 0.720. The molecule has 0 amide bonds. The Bertz CT molecular complexity index is 3610. The van der Waals surface area contributed by atoms with Crippen molar-refractivity contribution in [3.8, 4) is 67.3 Å². The molecule has 0 spiro atoms. The predicted molar refractivity (Wildman–Crippen MR) is 260 cm³/mol. The van der Waals surface area contributed by atoms with E-state index in [-0.39, 0.29) is 0 Å². The van der Waals surface area contributed by atoms with E-state index in [1.54, 1.807) is 0 Å². The first-order valence-electron chi connectivity index (χ1n) is 20.7. The van der Waals surface area contributed by atoms with E-state index in [0.29, 0.717) is 0 Å². The first-order valence-corrected chi connectivity index (χ1v) is 21.5. The maximum absolute atomic E-state index is 5.17. The van der Waals surface area contributed by atoms with Gasteiger partial charge in [0, 0.05) is 36.9 Å². The van der Waals surface area contributed by atoms with Crippen LogP contribution in [0.25, 0.3) is 120 Å². The maximum atomic E-state index is 5.17. The quantitative estimate of drug-likeness (QED) is 0.124. The Kier molecular flexibility index (Phi) is 8.39.